The molecule has 0 amide bonds. The molecule has 0 saturated heterocycles. The van der Waals surface area contributed by atoms with Gasteiger partial charge in [-0.2, -0.15) is 5.10 Å². The summed E-state index contributed by atoms with van der Waals surface area (Å²) in [5, 5.41) is 4.21. The molecular formula is C13H16BrN3O3S. The zero-order chi connectivity index (χ0) is 15.6. The first-order chi connectivity index (χ1) is 9.87. The van der Waals surface area contributed by atoms with Gasteiger partial charge in [0.15, 0.2) is 0 Å². The fourth-order valence-electron chi connectivity index (χ4n) is 1.90. The zero-order valence-electron chi connectivity index (χ0n) is 11.9. The van der Waals surface area contributed by atoms with Crippen molar-refractivity contribution in [1.82, 2.24) is 9.78 Å². The van der Waals surface area contributed by atoms with Gasteiger partial charge in [0.05, 0.1) is 27.9 Å². The Morgan fingerprint density at radius 3 is 2.71 bits per heavy atom. The predicted molar refractivity (Wildman–Crippen MR) is 84.1 cm³/mol. The number of rotatable bonds is 5. The number of benzene rings is 1. The van der Waals surface area contributed by atoms with Gasteiger partial charge in [0, 0.05) is 13.2 Å². The molecule has 0 atom stereocenters. The summed E-state index contributed by atoms with van der Waals surface area (Å²) in [6.07, 6.45) is 2.29. The monoisotopic (exact) mass is 373 g/mol. The number of nitrogens with zero attached hydrogens (tertiary/aromatic N) is 2. The molecule has 0 aliphatic rings. The number of halogens is 1. The van der Waals surface area contributed by atoms with Crippen molar-refractivity contribution >= 4 is 31.6 Å². The van der Waals surface area contributed by atoms with Crippen molar-refractivity contribution < 1.29 is 13.2 Å². The Morgan fingerprint density at radius 2 is 2.14 bits per heavy atom. The Balaban J connectivity index is 2.36. The van der Waals surface area contributed by atoms with Gasteiger partial charge in [0.2, 0.25) is 0 Å². The van der Waals surface area contributed by atoms with E-state index in [9.17, 15) is 8.42 Å². The number of aryl methyl sites for hydroxylation is 2. The van der Waals surface area contributed by atoms with E-state index in [4.69, 9.17) is 4.74 Å². The van der Waals surface area contributed by atoms with Gasteiger partial charge in [0.1, 0.15) is 5.75 Å². The second kappa shape index (κ2) is 6.07. The summed E-state index contributed by atoms with van der Waals surface area (Å²) in [5.74, 6) is 0.574. The van der Waals surface area contributed by atoms with E-state index in [1.807, 2.05) is 6.92 Å². The number of methoxy groups -OCH3 is 1. The molecule has 0 bridgehead atoms. The summed E-state index contributed by atoms with van der Waals surface area (Å²) < 4.78 is 34.7. The lowest BCUT2D eigenvalue weighted by Crippen LogP contribution is -2.13. The fourth-order valence-corrected chi connectivity index (χ4v) is 3.69. The molecule has 0 fully saturated rings. The molecule has 1 heterocycles. The molecule has 114 valence electrons. The van der Waals surface area contributed by atoms with Gasteiger partial charge in [-0.15, -0.1) is 0 Å². The molecule has 0 radical (unpaired) electrons. The number of hydrogen-bond donors (Lipinski definition) is 1. The Bertz CT molecular complexity index is 756. The number of hydrogen-bond acceptors (Lipinski definition) is 4. The van der Waals surface area contributed by atoms with Crippen LogP contribution in [0.2, 0.25) is 0 Å². The number of nitrogens with one attached hydrogen (secondary N) is 1. The van der Waals surface area contributed by atoms with Gasteiger partial charge < -0.3 is 4.74 Å². The van der Waals surface area contributed by atoms with Crippen LogP contribution >= 0.6 is 15.9 Å². The van der Waals surface area contributed by atoms with Crippen molar-refractivity contribution in [1.29, 1.82) is 0 Å². The third-order valence-electron chi connectivity index (χ3n) is 2.92. The van der Waals surface area contributed by atoms with Crippen molar-refractivity contribution in [3.8, 4) is 5.75 Å². The molecule has 8 heteroatoms. The van der Waals surface area contributed by atoms with Crippen LogP contribution < -0.4 is 9.46 Å². The van der Waals surface area contributed by atoms with E-state index in [2.05, 4.69) is 25.8 Å². The number of sulfonamides is 1. The molecule has 0 spiro atoms. The van der Waals surface area contributed by atoms with Gasteiger partial charge in [-0.3, -0.25) is 9.40 Å². The molecule has 21 heavy (non-hydrogen) atoms. The maximum absolute atomic E-state index is 12.4. The van der Waals surface area contributed by atoms with Crippen molar-refractivity contribution in [3.05, 3.63) is 34.6 Å². The van der Waals surface area contributed by atoms with E-state index in [-0.39, 0.29) is 4.90 Å². The fraction of sp³-hybridized carbons (Fsp3) is 0.308. The van der Waals surface area contributed by atoms with Crippen LogP contribution in [0.3, 0.4) is 0 Å². The van der Waals surface area contributed by atoms with Crippen molar-refractivity contribution in [2.75, 3.05) is 11.8 Å². The summed E-state index contributed by atoms with van der Waals surface area (Å²) in [6, 6.07) is 4.60. The van der Waals surface area contributed by atoms with Gasteiger partial charge >= 0.3 is 0 Å². The van der Waals surface area contributed by atoms with E-state index in [0.29, 0.717) is 28.0 Å². The summed E-state index contributed by atoms with van der Waals surface area (Å²) >= 11 is 3.28. The molecule has 1 N–H and O–H groups in total. The lowest BCUT2D eigenvalue weighted by atomic mass is 10.3. The average Bonchev–Trinajstić information content (AvgIpc) is 2.77. The zero-order valence-corrected chi connectivity index (χ0v) is 14.3. The van der Waals surface area contributed by atoms with Crippen LogP contribution in [0.1, 0.15) is 12.6 Å². The van der Waals surface area contributed by atoms with Crippen molar-refractivity contribution in [2.45, 2.75) is 18.2 Å². The van der Waals surface area contributed by atoms with Crippen LogP contribution in [0.4, 0.5) is 5.69 Å². The largest absolute Gasteiger partial charge is 0.496 e. The highest BCUT2D eigenvalue weighted by Gasteiger charge is 2.18. The van der Waals surface area contributed by atoms with Crippen LogP contribution in [0.15, 0.2) is 33.8 Å². The molecule has 1 aromatic heterocycles. The van der Waals surface area contributed by atoms with E-state index in [1.54, 1.807) is 24.0 Å². The number of aromatic nitrogens is 2. The van der Waals surface area contributed by atoms with Crippen LogP contribution in [0, 0.1) is 0 Å². The summed E-state index contributed by atoms with van der Waals surface area (Å²) in [7, 11) is -0.395. The lowest BCUT2D eigenvalue weighted by Gasteiger charge is -2.09. The lowest BCUT2D eigenvalue weighted by molar-refractivity contribution is 0.411. The van der Waals surface area contributed by atoms with Gasteiger partial charge in [-0.25, -0.2) is 8.42 Å². The molecule has 0 saturated carbocycles. The Morgan fingerprint density at radius 1 is 1.43 bits per heavy atom. The number of ether oxygens (including phenoxy) is 1. The van der Waals surface area contributed by atoms with Gasteiger partial charge in [0.25, 0.3) is 10.0 Å². The topological polar surface area (TPSA) is 73.2 Å². The predicted octanol–water partition coefficient (Wildman–Crippen LogP) is 2.55. The minimum Gasteiger partial charge on any atom is -0.496 e. The van der Waals surface area contributed by atoms with Crippen LogP contribution in [0.25, 0.3) is 0 Å². The smallest absolute Gasteiger partial charge is 0.262 e. The first-order valence-corrected chi connectivity index (χ1v) is 8.54. The molecule has 6 nitrogen and oxygen atoms in total. The van der Waals surface area contributed by atoms with Crippen LogP contribution in [-0.2, 0) is 23.5 Å². The number of anilines is 1. The molecule has 2 rings (SSSR count). The highest BCUT2D eigenvalue weighted by molar-refractivity contribution is 9.10. The van der Waals surface area contributed by atoms with Crippen LogP contribution in [0.5, 0.6) is 5.75 Å². The molecule has 0 unspecified atom stereocenters. The van der Waals surface area contributed by atoms with E-state index in [1.165, 1.54) is 19.2 Å². The Labute approximate surface area is 132 Å². The third kappa shape index (κ3) is 3.38. The quantitative estimate of drug-likeness (QED) is 0.873. The third-order valence-corrected chi connectivity index (χ3v) is 4.90. The summed E-state index contributed by atoms with van der Waals surface area (Å²) in [4.78, 5) is 0.154. The molecule has 2 aromatic rings. The van der Waals surface area contributed by atoms with Gasteiger partial charge in [-0.1, -0.05) is 6.92 Å². The second-order valence-corrected chi connectivity index (χ2v) is 6.96. The van der Waals surface area contributed by atoms with E-state index >= 15 is 0 Å². The normalized spacial score (nSPS) is 11.4. The minimum atomic E-state index is -3.67. The summed E-state index contributed by atoms with van der Waals surface area (Å²) in [6.45, 7) is 1.92. The maximum atomic E-state index is 12.4. The minimum absolute atomic E-state index is 0.154. The van der Waals surface area contributed by atoms with Crippen LogP contribution in [-0.4, -0.2) is 25.3 Å². The standard InChI is InChI=1S/C13H16BrN3O3S/c1-4-11-12(8-17(2)15-11)16-21(18,19)9-5-6-13(20-3)10(14)7-9/h5-8,16H,4H2,1-3H3. The maximum Gasteiger partial charge on any atom is 0.262 e. The van der Waals surface area contributed by atoms with Crippen molar-refractivity contribution in [3.63, 3.8) is 0 Å². The average molecular weight is 374 g/mol. The second-order valence-electron chi connectivity index (χ2n) is 4.42. The highest BCUT2D eigenvalue weighted by atomic mass is 79.9. The molecule has 0 aliphatic carbocycles. The Hall–Kier alpha value is -1.54. The first kappa shape index (κ1) is 15.8. The van der Waals surface area contributed by atoms with Crippen molar-refractivity contribution in [2.24, 2.45) is 7.05 Å². The van der Waals surface area contributed by atoms with Gasteiger partial charge in [-0.05, 0) is 40.5 Å². The Kier molecular flexibility index (Phi) is 4.58. The van der Waals surface area contributed by atoms with E-state index < -0.39 is 10.0 Å². The SMILES string of the molecule is CCc1nn(C)cc1NS(=O)(=O)c1ccc(OC)c(Br)c1. The van der Waals surface area contributed by atoms with E-state index in [0.717, 1.165) is 0 Å². The molecule has 0 aliphatic heterocycles. The summed E-state index contributed by atoms with van der Waals surface area (Å²) in [5.41, 5.74) is 1.19. The molecule has 1 aromatic carbocycles. The highest BCUT2D eigenvalue weighted by Crippen LogP contribution is 2.28. The molecular weight excluding hydrogens is 358 g/mol. The first-order valence-electron chi connectivity index (χ1n) is 6.26.